The smallest absolute Gasteiger partial charge is 0.466 e. The van der Waals surface area contributed by atoms with Crippen LogP contribution in [0.4, 0.5) is 0 Å². The third-order valence-corrected chi connectivity index (χ3v) is 5.20. The summed E-state index contributed by atoms with van der Waals surface area (Å²) in [5.41, 5.74) is -0.570. The molecule has 1 heterocycles. The maximum atomic E-state index is 10.8. The van der Waals surface area contributed by atoms with Gasteiger partial charge in [-0.2, -0.15) is 8.42 Å². The van der Waals surface area contributed by atoms with Gasteiger partial charge in [0.15, 0.2) is 0 Å². The Hall–Kier alpha value is -1.45. The van der Waals surface area contributed by atoms with Crippen molar-refractivity contribution >= 4 is 27.2 Å². The number of hydrogen-bond acceptors (Lipinski definition) is 11. The van der Waals surface area contributed by atoms with Gasteiger partial charge >= 0.3 is 10.4 Å². The van der Waals surface area contributed by atoms with E-state index < -0.39 is 46.9 Å². The number of oxime groups is 1. The molecule has 0 aliphatic carbocycles. The average molecular weight is 439 g/mol. The number of rotatable bonds is 7. The summed E-state index contributed by atoms with van der Waals surface area (Å²) >= 11 is 0.702. The zero-order chi connectivity index (χ0) is 20.9. The van der Waals surface area contributed by atoms with Crippen LogP contribution < -0.4 is 4.74 Å². The van der Waals surface area contributed by atoms with Crippen molar-refractivity contribution < 1.29 is 47.2 Å². The Kier molecular flexibility index (Phi) is 8.03. The molecule has 0 bridgehead atoms. The molecule has 5 N–H and O–H groups in total. The largest absolute Gasteiger partial charge is 0.497 e. The lowest BCUT2D eigenvalue weighted by molar-refractivity contribution is -0.205. The number of aliphatic hydroxyl groups is 4. The molecule has 5 atom stereocenters. The zero-order valence-electron chi connectivity index (χ0n) is 14.7. The fraction of sp³-hybridized carbons (Fsp3) is 0.533. The van der Waals surface area contributed by atoms with E-state index in [1.807, 2.05) is 0 Å². The van der Waals surface area contributed by atoms with E-state index in [2.05, 4.69) is 9.44 Å². The van der Waals surface area contributed by atoms with E-state index in [1.54, 1.807) is 24.3 Å². The molecule has 13 heteroatoms. The summed E-state index contributed by atoms with van der Waals surface area (Å²) in [5, 5.41) is 42.4. The predicted octanol–water partition coefficient (Wildman–Crippen LogP) is -1.10. The van der Waals surface area contributed by atoms with Gasteiger partial charge in [0.1, 0.15) is 40.6 Å². The molecule has 28 heavy (non-hydrogen) atoms. The van der Waals surface area contributed by atoms with Crippen LogP contribution in [0, 0.1) is 0 Å². The van der Waals surface area contributed by atoms with Gasteiger partial charge in [-0.15, -0.1) is 0 Å². The lowest BCUT2D eigenvalue weighted by Crippen LogP contribution is -2.57. The third kappa shape index (κ3) is 6.28. The number of ether oxygens (including phenoxy) is 2. The molecule has 0 aromatic heterocycles. The van der Waals surface area contributed by atoms with Gasteiger partial charge in [0.05, 0.1) is 13.7 Å². The lowest BCUT2D eigenvalue weighted by atomic mass is 10.0. The van der Waals surface area contributed by atoms with Gasteiger partial charge in [-0.25, -0.2) is 4.28 Å². The number of thioether (sulfide) groups is 1. The van der Waals surface area contributed by atoms with Gasteiger partial charge in [-0.05, 0) is 17.7 Å². The maximum absolute atomic E-state index is 10.8. The molecular formula is C15H21NO10S2. The van der Waals surface area contributed by atoms with Crippen molar-refractivity contribution in [3.05, 3.63) is 29.8 Å². The molecule has 0 unspecified atom stereocenters. The number of aliphatic hydroxyl groups excluding tert-OH is 4. The van der Waals surface area contributed by atoms with E-state index in [0.717, 1.165) is 0 Å². The second kappa shape index (κ2) is 9.84. The van der Waals surface area contributed by atoms with Crippen LogP contribution in [-0.2, 0) is 25.8 Å². The second-order valence-electron chi connectivity index (χ2n) is 5.83. The Labute approximate surface area is 165 Å². The number of hydrogen-bond donors (Lipinski definition) is 5. The molecule has 0 spiro atoms. The van der Waals surface area contributed by atoms with E-state index in [9.17, 15) is 28.8 Å². The molecule has 0 radical (unpaired) electrons. The number of methoxy groups -OCH3 is 1. The Morgan fingerprint density at radius 1 is 1.25 bits per heavy atom. The highest BCUT2D eigenvalue weighted by Gasteiger charge is 2.44. The second-order valence-corrected chi connectivity index (χ2v) is 8.01. The molecule has 1 saturated heterocycles. The van der Waals surface area contributed by atoms with Gasteiger partial charge < -0.3 is 29.9 Å². The molecule has 158 valence electrons. The number of benzene rings is 1. The summed E-state index contributed by atoms with van der Waals surface area (Å²) in [6.07, 6.45) is -5.85. The summed E-state index contributed by atoms with van der Waals surface area (Å²) in [5.74, 6) is 0.533. The van der Waals surface area contributed by atoms with E-state index in [1.165, 1.54) is 7.11 Å². The monoisotopic (exact) mass is 439 g/mol. The zero-order valence-corrected chi connectivity index (χ0v) is 16.3. The Balaban J connectivity index is 2.23. The van der Waals surface area contributed by atoms with E-state index in [4.69, 9.17) is 14.0 Å². The van der Waals surface area contributed by atoms with Crippen LogP contribution in [0.3, 0.4) is 0 Å². The molecule has 0 amide bonds. The quantitative estimate of drug-likeness (QED) is 0.151. The first-order valence-corrected chi connectivity index (χ1v) is 10.2. The molecule has 2 rings (SSSR count). The average Bonchev–Trinajstić information content (AvgIpc) is 2.66. The highest BCUT2D eigenvalue weighted by Crippen LogP contribution is 2.30. The standard InChI is InChI=1S/C15H21NO10S2/c1-24-9-4-2-3-8(5-9)6-11(16-26-28(21,22)23)27-15-14(20)13(19)12(18)10(7-17)25-15/h2-5,10,12-15,17-20H,6-7H2,1H3,(H,21,22,23)/t10-,12-,13+,14-,15+/m1/s1. The van der Waals surface area contributed by atoms with Crippen molar-refractivity contribution in [1.82, 2.24) is 0 Å². The van der Waals surface area contributed by atoms with Gasteiger partial charge in [-0.3, -0.25) is 4.55 Å². The Morgan fingerprint density at radius 2 is 1.96 bits per heavy atom. The van der Waals surface area contributed by atoms with Crippen LogP contribution >= 0.6 is 11.8 Å². The van der Waals surface area contributed by atoms with Crippen molar-refractivity contribution in [3.63, 3.8) is 0 Å². The maximum Gasteiger partial charge on any atom is 0.466 e. The van der Waals surface area contributed by atoms with Crippen molar-refractivity contribution in [3.8, 4) is 5.75 Å². The molecule has 0 saturated carbocycles. The highest BCUT2D eigenvalue weighted by molar-refractivity contribution is 8.14. The van der Waals surface area contributed by atoms with Gasteiger partial charge in [0, 0.05) is 6.42 Å². The normalized spacial score (nSPS) is 28.8. The first-order chi connectivity index (χ1) is 13.1. The topological polar surface area (TPSA) is 175 Å². The van der Waals surface area contributed by atoms with Crippen LogP contribution in [0.15, 0.2) is 29.4 Å². The summed E-state index contributed by atoms with van der Waals surface area (Å²) in [6, 6.07) is 6.73. The van der Waals surface area contributed by atoms with E-state index in [-0.39, 0.29) is 11.5 Å². The van der Waals surface area contributed by atoms with Crippen molar-refractivity contribution in [2.75, 3.05) is 13.7 Å². The summed E-state index contributed by atoms with van der Waals surface area (Å²) < 4.78 is 45.0. The molecular weight excluding hydrogens is 418 g/mol. The number of nitrogens with zero attached hydrogens (tertiary/aromatic N) is 1. The van der Waals surface area contributed by atoms with Crippen LogP contribution in [0.1, 0.15) is 5.56 Å². The van der Waals surface area contributed by atoms with Gasteiger partial charge in [-0.1, -0.05) is 29.1 Å². The van der Waals surface area contributed by atoms with Crippen molar-refractivity contribution in [2.45, 2.75) is 36.3 Å². The fourth-order valence-electron chi connectivity index (χ4n) is 2.44. The summed E-state index contributed by atoms with van der Waals surface area (Å²) in [4.78, 5) is 0. The Bertz CT molecular complexity index is 785. The summed E-state index contributed by atoms with van der Waals surface area (Å²) in [6.45, 7) is -0.619. The molecule has 1 aromatic carbocycles. The lowest BCUT2D eigenvalue weighted by Gasteiger charge is -2.39. The van der Waals surface area contributed by atoms with Gasteiger partial charge in [0.2, 0.25) is 0 Å². The third-order valence-electron chi connectivity index (χ3n) is 3.82. The molecule has 1 aromatic rings. The first kappa shape index (κ1) is 22.8. The Morgan fingerprint density at radius 3 is 2.57 bits per heavy atom. The first-order valence-electron chi connectivity index (χ1n) is 7.97. The highest BCUT2D eigenvalue weighted by atomic mass is 32.3. The van der Waals surface area contributed by atoms with Crippen LogP contribution in [0.25, 0.3) is 0 Å². The van der Waals surface area contributed by atoms with Gasteiger partial charge in [0.25, 0.3) is 0 Å². The van der Waals surface area contributed by atoms with Crippen LogP contribution in [0.2, 0.25) is 0 Å². The minimum Gasteiger partial charge on any atom is -0.497 e. The minimum absolute atomic E-state index is 0.00636. The fourth-order valence-corrected chi connectivity index (χ4v) is 3.77. The van der Waals surface area contributed by atoms with E-state index >= 15 is 0 Å². The van der Waals surface area contributed by atoms with E-state index in [0.29, 0.717) is 23.1 Å². The molecule has 1 aliphatic rings. The minimum atomic E-state index is -4.87. The SMILES string of the molecule is COc1cccc(CC(=NOS(=O)(=O)O)S[C@@H]2O[C@H](CO)[C@@H](O)[C@H](O)[C@H]2O)c1. The van der Waals surface area contributed by atoms with Crippen LogP contribution in [-0.4, -0.2) is 82.0 Å². The summed E-state index contributed by atoms with van der Waals surface area (Å²) in [7, 11) is -3.40. The molecule has 11 nitrogen and oxygen atoms in total. The predicted molar refractivity (Wildman–Crippen MR) is 98.1 cm³/mol. The van der Waals surface area contributed by atoms with Crippen molar-refractivity contribution in [2.24, 2.45) is 5.16 Å². The molecule has 1 aliphatic heterocycles. The van der Waals surface area contributed by atoms with Crippen LogP contribution in [0.5, 0.6) is 5.75 Å². The van der Waals surface area contributed by atoms with Crippen molar-refractivity contribution in [1.29, 1.82) is 0 Å². The molecule has 1 fully saturated rings.